The molecule has 1 aromatic carbocycles. The Bertz CT molecular complexity index is 1570. The van der Waals surface area contributed by atoms with Gasteiger partial charge >= 0.3 is 12.1 Å². The third kappa shape index (κ3) is 7.90. The Balaban J connectivity index is 0.00000520. The van der Waals surface area contributed by atoms with Gasteiger partial charge in [0.25, 0.3) is 5.91 Å². The Morgan fingerprint density at radius 3 is 2.38 bits per heavy atom. The van der Waals surface area contributed by atoms with Crippen LogP contribution in [0.25, 0.3) is 6.08 Å². The number of nitrogens with zero attached hydrogens (tertiary/aromatic N) is 3. The second-order valence-corrected chi connectivity index (χ2v) is 12.9. The molecule has 1 aromatic heterocycles. The maximum atomic E-state index is 13.7. The van der Waals surface area contributed by atoms with Crippen LogP contribution >= 0.6 is 28.3 Å². The smallest absolute Gasteiger partial charge is 0.410 e. The highest BCUT2D eigenvalue weighted by atomic mass is 79.9. The third-order valence-electron chi connectivity index (χ3n) is 8.76. The summed E-state index contributed by atoms with van der Waals surface area (Å²) in [6.45, 7) is 8.16. The summed E-state index contributed by atoms with van der Waals surface area (Å²) < 4.78 is 16.5. The zero-order chi connectivity index (χ0) is 33.8. The zero-order valence-corrected chi connectivity index (χ0v) is 30.2. The molecule has 3 atom stereocenters. The van der Waals surface area contributed by atoms with Gasteiger partial charge < -0.3 is 34.3 Å². The number of carbonyl (C=O) groups excluding carboxylic acids is 4. The lowest BCUT2D eigenvalue weighted by molar-refractivity contribution is -0.124. The molecule has 0 spiro atoms. The lowest BCUT2D eigenvalue weighted by Gasteiger charge is -2.35. The molecule has 0 radical (unpaired) electrons. The van der Waals surface area contributed by atoms with Crippen LogP contribution in [0.15, 0.2) is 42.1 Å². The Kier molecular flexibility index (Phi) is 12.4. The van der Waals surface area contributed by atoms with E-state index in [-0.39, 0.29) is 48.6 Å². The molecule has 14 heteroatoms. The number of benzene rings is 1. The van der Waals surface area contributed by atoms with E-state index in [1.807, 2.05) is 49.1 Å². The van der Waals surface area contributed by atoms with Gasteiger partial charge in [-0.15, -0.1) is 12.4 Å². The number of carbonyl (C=O) groups is 4. The summed E-state index contributed by atoms with van der Waals surface area (Å²) in [5.41, 5.74) is 3.79. The quantitative estimate of drug-likeness (QED) is 0.219. The first-order chi connectivity index (χ1) is 22.5. The molecule has 1 aliphatic carbocycles. The van der Waals surface area contributed by atoms with Crippen LogP contribution in [0.1, 0.15) is 58.7 Å². The molecule has 2 saturated heterocycles. The molecule has 2 aromatic rings. The van der Waals surface area contributed by atoms with Crippen molar-refractivity contribution in [2.45, 2.75) is 38.8 Å². The maximum absolute atomic E-state index is 13.7. The van der Waals surface area contributed by atoms with E-state index in [1.165, 1.54) is 13.2 Å². The summed E-state index contributed by atoms with van der Waals surface area (Å²) in [7, 11) is 2.93. The zero-order valence-electron chi connectivity index (χ0n) is 27.8. The Labute approximate surface area is 295 Å². The fourth-order valence-electron chi connectivity index (χ4n) is 6.51. The van der Waals surface area contributed by atoms with Gasteiger partial charge in [-0.05, 0) is 56.5 Å². The predicted molar refractivity (Wildman–Crippen MR) is 186 cm³/mol. The second kappa shape index (κ2) is 16.1. The molecule has 48 heavy (non-hydrogen) atoms. The molecule has 12 nitrogen and oxygen atoms in total. The third-order valence-corrected chi connectivity index (χ3v) is 9.59. The van der Waals surface area contributed by atoms with Crippen molar-refractivity contribution >= 4 is 58.3 Å². The molecular weight excluding hydrogens is 706 g/mol. The molecule has 2 N–H and O–H groups in total. The molecule has 260 valence electrons. The summed E-state index contributed by atoms with van der Waals surface area (Å²) in [4.78, 5) is 61.2. The van der Waals surface area contributed by atoms with Crippen molar-refractivity contribution in [3.8, 4) is 5.75 Å². The fourth-order valence-corrected chi connectivity index (χ4v) is 7.09. The van der Waals surface area contributed by atoms with Crippen LogP contribution in [0.2, 0.25) is 0 Å². The van der Waals surface area contributed by atoms with Gasteiger partial charge in [-0.3, -0.25) is 14.5 Å². The molecule has 3 aliphatic rings. The number of aromatic nitrogens is 1. The average molecular weight is 749 g/mol. The van der Waals surface area contributed by atoms with Gasteiger partial charge in [0.05, 0.1) is 32.0 Å². The molecule has 2 unspecified atom stereocenters. The molecule has 0 bridgehead atoms. The highest BCUT2D eigenvalue weighted by Crippen LogP contribution is 2.51. The van der Waals surface area contributed by atoms with Crippen LogP contribution in [0.3, 0.4) is 0 Å². The number of rotatable bonds is 9. The first-order valence-corrected chi connectivity index (χ1v) is 16.9. The largest absolute Gasteiger partial charge is 0.497 e. The van der Waals surface area contributed by atoms with Crippen molar-refractivity contribution in [3.63, 3.8) is 0 Å². The number of allylic oxidation sites excluding steroid dienone is 1. The number of piperazine rings is 1. The van der Waals surface area contributed by atoms with Crippen LogP contribution in [0.5, 0.6) is 5.75 Å². The van der Waals surface area contributed by atoms with Crippen molar-refractivity contribution in [3.05, 3.63) is 70.2 Å². The standard InChI is InChI=1S/C34H42BrN5O7.ClH/c1-20(2)36-27(41)19-38-12-14-39(15-13-38)34(44)47-26-16-25-30(31-29(33(43)46-5)21(3)37-32(26)31)23(17-35)18-40(25)28(42)11-8-22-6-9-24(45-4)10-7-22;/h6-11,16,20,23,26,30,37H,12-15,17-19H2,1-5H3,(H,36,41);1H/b11-8+;/t23-,26?,30?;/m1./s1. The number of fused-ring (bicyclic) bond motifs is 3. The normalized spacial score (nSPS) is 20.5. The Morgan fingerprint density at radius 2 is 1.77 bits per heavy atom. The summed E-state index contributed by atoms with van der Waals surface area (Å²) in [6, 6.07) is 7.44. The number of amides is 3. The van der Waals surface area contributed by atoms with Crippen molar-refractivity contribution in [1.82, 2.24) is 25.0 Å². The number of halogens is 2. The molecule has 3 amide bonds. The topological polar surface area (TPSA) is 134 Å². The maximum Gasteiger partial charge on any atom is 0.410 e. The van der Waals surface area contributed by atoms with Gasteiger partial charge in [-0.25, -0.2) is 9.59 Å². The molecular formula is C34H43BrClN5O7. The van der Waals surface area contributed by atoms with Crippen LogP contribution in [-0.2, 0) is 19.1 Å². The van der Waals surface area contributed by atoms with Crippen LogP contribution in [-0.4, -0.2) is 108 Å². The Morgan fingerprint density at radius 1 is 1.08 bits per heavy atom. The van der Waals surface area contributed by atoms with Crippen molar-refractivity contribution in [1.29, 1.82) is 0 Å². The van der Waals surface area contributed by atoms with Crippen LogP contribution < -0.4 is 10.1 Å². The number of ether oxygens (including phenoxy) is 3. The minimum atomic E-state index is -0.870. The SMILES string of the molecule is COC(=O)c1c(C)[nH]c2c1C1C(=CC2OC(=O)N2CCN(CC(=O)NC(C)C)CC2)N(C(=O)/C=C/c2ccc(OC)cc2)C[C@H]1CBr.Cl. The number of methoxy groups -OCH3 is 2. The minimum Gasteiger partial charge on any atom is -0.497 e. The fraction of sp³-hybridized carbons (Fsp3) is 0.471. The van der Waals surface area contributed by atoms with E-state index < -0.39 is 18.2 Å². The lowest BCUT2D eigenvalue weighted by atomic mass is 9.80. The summed E-state index contributed by atoms with van der Waals surface area (Å²) in [6.07, 6.45) is 3.71. The van der Waals surface area contributed by atoms with E-state index in [2.05, 4.69) is 26.2 Å². The molecule has 2 fully saturated rings. The van der Waals surface area contributed by atoms with E-state index in [4.69, 9.17) is 14.2 Å². The number of aryl methyl sites for hydroxylation is 1. The van der Waals surface area contributed by atoms with E-state index in [0.29, 0.717) is 66.3 Å². The van der Waals surface area contributed by atoms with E-state index >= 15 is 0 Å². The number of likely N-dealkylation sites (tertiary alicyclic amines) is 1. The number of hydrogen-bond donors (Lipinski definition) is 2. The van der Waals surface area contributed by atoms with Gasteiger partial charge in [0, 0.05) is 73.0 Å². The summed E-state index contributed by atoms with van der Waals surface area (Å²) >= 11 is 3.64. The Hall–Kier alpha value is -3.81. The molecule has 2 aliphatic heterocycles. The number of nitrogens with one attached hydrogen (secondary N) is 2. The monoisotopic (exact) mass is 747 g/mol. The van der Waals surface area contributed by atoms with E-state index in [9.17, 15) is 19.2 Å². The minimum absolute atomic E-state index is 0. The summed E-state index contributed by atoms with van der Waals surface area (Å²) in [5.74, 6) is -0.405. The van der Waals surface area contributed by atoms with Crippen molar-refractivity contribution in [2.75, 3.05) is 58.8 Å². The molecule has 3 heterocycles. The number of alkyl halides is 1. The molecule has 5 rings (SSSR count). The summed E-state index contributed by atoms with van der Waals surface area (Å²) in [5, 5.41) is 3.47. The first kappa shape index (κ1) is 37.0. The number of H-pyrrole nitrogens is 1. The van der Waals surface area contributed by atoms with Gasteiger partial charge in [0.2, 0.25) is 5.91 Å². The average Bonchev–Trinajstić information content (AvgIpc) is 3.60. The number of esters is 1. The van der Waals surface area contributed by atoms with Crippen LogP contribution in [0.4, 0.5) is 4.79 Å². The molecule has 0 saturated carbocycles. The highest BCUT2D eigenvalue weighted by molar-refractivity contribution is 9.09. The van der Waals surface area contributed by atoms with Gasteiger partial charge in [0.1, 0.15) is 5.75 Å². The second-order valence-electron chi connectivity index (χ2n) is 12.3. The van der Waals surface area contributed by atoms with Crippen molar-refractivity contribution in [2.24, 2.45) is 5.92 Å². The first-order valence-electron chi connectivity index (χ1n) is 15.7. The lowest BCUT2D eigenvalue weighted by Crippen LogP contribution is -2.51. The van der Waals surface area contributed by atoms with Crippen molar-refractivity contribution < 1.29 is 33.4 Å². The number of hydrogen-bond acceptors (Lipinski definition) is 8. The highest BCUT2D eigenvalue weighted by Gasteiger charge is 2.48. The van der Waals surface area contributed by atoms with Gasteiger partial charge in [0.15, 0.2) is 6.10 Å². The predicted octanol–water partition coefficient (Wildman–Crippen LogP) is 4.41. The van der Waals surface area contributed by atoms with Gasteiger partial charge in [-0.1, -0.05) is 28.1 Å². The number of aromatic amines is 1. The van der Waals surface area contributed by atoms with Gasteiger partial charge in [-0.2, -0.15) is 0 Å². The van der Waals surface area contributed by atoms with Crippen LogP contribution in [0, 0.1) is 12.8 Å². The van der Waals surface area contributed by atoms with E-state index in [0.717, 1.165) is 11.3 Å². The van der Waals surface area contributed by atoms with E-state index in [1.54, 1.807) is 29.9 Å².